The van der Waals surface area contributed by atoms with E-state index in [1.54, 1.807) is 0 Å². The standard InChI is InChI=1S/C19H23FN2O2/c1-13(7-8-14-5-3-2-4-6-14)22-12-18(23)15-9-10-17(20)16(11-15)19(21)24/h2-6,9-11,13,18,22-23H,7-8,12H2,1H3,(H2,21,24). The quantitative estimate of drug-likeness (QED) is 0.696. The number of aryl methyl sites for hydroxylation is 1. The minimum absolute atomic E-state index is 0.205. The van der Waals surface area contributed by atoms with Gasteiger partial charge >= 0.3 is 0 Å². The van der Waals surface area contributed by atoms with Crippen molar-refractivity contribution in [2.45, 2.75) is 31.9 Å². The number of nitrogens with two attached hydrogens (primary N) is 1. The number of nitrogens with one attached hydrogen (secondary N) is 1. The van der Waals surface area contributed by atoms with E-state index in [1.165, 1.54) is 17.7 Å². The van der Waals surface area contributed by atoms with Crippen LogP contribution in [-0.4, -0.2) is 23.6 Å². The molecule has 0 bridgehead atoms. The summed E-state index contributed by atoms with van der Waals surface area (Å²) in [6.45, 7) is 2.37. The van der Waals surface area contributed by atoms with Gasteiger partial charge in [-0.1, -0.05) is 36.4 Å². The molecule has 0 radical (unpaired) electrons. The molecule has 0 saturated heterocycles. The Kier molecular flexibility index (Phi) is 6.46. The van der Waals surface area contributed by atoms with E-state index in [9.17, 15) is 14.3 Å². The minimum atomic E-state index is -0.842. The lowest BCUT2D eigenvalue weighted by molar-refractivity contribution is 0.0996. The van der Waals surface area contributed by atoms with Crippen LogP contribution in [0.5, 0.6) is 0 Å². The van der Waals surface area contributed by atoms with Crippen LogP contribution in [0.2, 0.25) is 0 Å². The third-order valence-corrected chi connectivity index (χ3v) is 4.01. The molecular weight excluding hydrogens is 307 g/mol. The highest BCUT2D eigenvalue weighted by molar-refractivity contribution is 5.93. The molecule has 0 aliphatic carbocycles. The number of halogens is 1. The summed E-state index contributed by atoms with van der Waals surface area (Å²) in [6.07, 6.45) is 1.06. The van der Waals surface area contributed by atoms with Crippen LogP contribution in [0.1, 0.15) is 40.9 Å². The van der Waals surface area contributed by atoms with Gasteiger partial charge in [0.15, 0.2) is 0 Å². The Morgan fingerprint density at radius 2 is 1.96 bits per heavy atom. The van der Waals surface area contributed by atoms with Gasteiger partial charge in [-0.2, -0.15) is 0 Å². The zero-order chi connectivity index (χ0) is 17.5. The van der Waals surface area contributed by atoms with Crippen LogP contribution in [0.15, 0.2) is 48.5 Å². The van der Waals surface area contributed by atoms with Crippen LogP contribution in [0, 0.1) is 5.82 Å². The molecule has 2 aromatic rings. The number of aliphatic hydroxyl groups excluding tert-OH is 1. The highest BCUT2D eigenvalue weighted by Gasteiger charge is 2.14. The SMILES string of the molecule is CC(CCc1ccccc1)NCC(O)c1ccc(F)c(C(N)=O)c1. The predicted molar refractivity (Wildman–Crippen MR) is 92.1 cm³/mol. The molecule has 4 N–H and O–H groups in total. The number of carbonyl (C=O) groups excluding carboxylic acids is 1. The first-order valence-corrected chi connectivity index (χ1v) is 8.02. The van der Waals surface area contributed by atoms with Crippen LogP contribution in [0.3, 0.4) is 0 Å². The van der Waals surface area contributed by atoms with Gasteiger partial charge in [-0.05, 0) is 43.0 Å². The minimum Gasteiger partial charge on any atom is -0.387 e. The highest BCUT2D eigenvalue weighted by atomic mass is 19.1. The number of hydrogen-bond donors (Lipinski definition) is 3. The number of carbonyl (C=O) groups is 1. The summed E-state index contributed by atoms with van der Waals surface area (Å²) < 4.78 is 13.5. The molecule has 0 spiro atoms. The number of hydrogen-bond acceptors (Lipinski definition) is 3. The summed E-state index contributed by atoms with van der Waals surface area (Å²) in [5.74, 6) is -1.52. The molecule has 24 heavy (non-hydrogen) atoms. The van der Waals surface area contributed by atoms with Crippen molar-refractivity contribution in [3.63, 3.8) is 0 Å². The summed E-state index contributed by atoms with van der Waals surface area (Å²) in [6, 6.07) is 14.3. The van der Waals surface area contributed by atoms with Crippen LogP contribution < -0.4 is 11.1 Å². The molecule has 0 aliphatic heterocycles. The second-order valence-electron chi connectivity index (χ2n) is 5.95. The van der Waals surface area contributed by atoms with E-state index in [0.29, 0.717) is 12.1 Å². The molecule has 0 fully saturated rings. The van der Waals surface area contributed by atoms with Gasteiger partial charge < -0.3 is 16.2 Å². The van der Waals surface area contributed by atoms with E-state index < -0.39 is 17.8 Å². The second-order valence-corrected chi connectivity index (χ2v) is 5.95. The summed E-state index contributed by atoms with van der Waals surface area (Å²) in [4.78, 5) is 11.2. The average molecular weight is 330 g/mol. The second kappa shape index (κ2) is 8.57. The topological polar surface area (TPSA) is 75.3 Å². The molecule has 0 aromatic heterocycles. The van der Waals surface area contributed by atoms with Crippen molar-refractivity contribution < 1.29 is 14.3 Å². The average Bonchev–Trinajstić information content (AvgIpc) is 2.59. The lowest BCUT2D eigenvalue weighted by Gasteiger charge is -2.18. The van der Waals surface area contributed by atoms with Crippen LogP contribution >= 0.6 is 0 Å². The van der Waals surface area contributed by atoms with Gasteiger partial charge in [-0.25, -0.2) is 4.39 Å². The van der Waals surface area contributed by atoms with Gasteiger partial charge in [0.05, 0.1) is 11.7 Å². The Morgan fingerprint density at radius 3 is 2.62 bits per heavy atom. The van der Waals surface area contributed by atoms with Gasteiger partial charge in [0.25, 0.3) is 5.91 Å². The summed E-state index contributed by atoms with van der Waals surface area (Å²) in [5.41, 5.74) is 6.66. The van der Waals surface area contributed by atoms with Crippen molar-refractivity contribution in [3.8, 4) is 0 Å². The summed E-state index contributed by atoms with van der Waals surface area (Å²) in [7, 11) is 0. The number of aliphatic hydroxyl groups is 1. The molecule has 2 unspecified atom stereocenters. The molecule has 0 aliphatic rings. The first-order valence-electron chi connectivity index (χ1n) is 8.02. The van der Waals surface area contributed by atoms with Crippen LogP contribution in [-0.2, 0) is 6.42 Å². The number of primary amides is 1. The largest absolute Gasteiger partial charge is 0.387 e. The van der Waals surface area contributed by atoms with Crippen molar-refractivity contribution >= 4 is 5.91 Å². The zero-order valence-corrected chi connectivity index (χ0v) is 13.7. The molecule has 2 rings (SSSR count). The highest BCUT2D eigenvalue weighted by Crippen LogP contribution is 2.17. The van der Waals surface area contributed by atoms with Gasteiger partial charge in [-0.3, -0.25) is 4.79 Å². The molecule has 1 amide bonds. The van der Waals surface area contributed by atoms with E-state index in [4.69, 9.17) is 5.73 Å². The third-order valence-electron chi connectivity index (χ3n) is 4.01. The zero-order valence-electron chi connectivity index (χ0n) is 13.7. The maximum Gasteiger partial charge on any atom is 0.251 e. The predicted octanol–water partition coefficient (Wildman–Crippen LogP) is 2.57. The van der Waals surface area contributed by atoms with Crippen molar-refractivity contribution in [2.75, 3.05) is 6.54 Å². The van der Waals surface area contributed by atoms with Crippen LogP contribution in [0.25, 0.3) is 0 Å². The fourth-order valence-electron chi connectivity index (χ4n) is 2.50. The monoisotopic (exact) mass is 330 g/mol. The first-order chi connectivity index (χ1) is 11.5. The van der Waals surface area contributed by atoms with Gasteiger partial charge in [-0.15, -0.1) is 0 Å². The van der Waals surface area contributed by atoms with E-state index in [-0.39, 0.29) is 11.6 Å². The van der Waals surface area contributed by atoms with E-state index in [1.807, 2.05) is 18.2 Å². The lowest BCUT2D eigenvalue weighted by atomic mass is 10.0. The Labute approximate surface area is 141 Å². The lowest BCUT2D eigenvalue weighted by Crippen LogP contribution is -2.31. The Morgan fingerprint density at radius 1 is 1.25 bits per heavy atom. The molecule has 0 heterocycles. The number of benzene rings is 2. The third kappa shape index (κ3) is 5.15. The van der Waals surface area contributed by atoms with E-state index in [2.05, 4.69) is 24.4 Å². The van der Waals surface area contributed by atoms with Gasteiger partial charge in [0.2, 0.25) is 0 Å². The van der Waals surface area contributed by atoms with E-state index >= 15 is 0 Å². The smallest absolute Gasteiger partial charge is 0.251 e. The molecule has 128 valence electrons. The molecular formula is C19H23FN2O2. The summed E-state index contributed by atoms with van der Waals surface area (Å²) in [5, 5.41) is 13.5. The number of amides is 1. The van der Waals surface area contributed by atoms with Gasteiger partial charge in [0.1, 0.15) is 5.82 Å². The van der Waals surface area contributed by atoms with Crippen LogP contribution in [0.4, 0.5) is 4.39 Å². The fourth-order valence-corrected chi connectivity index (χ4v) is 2.50. The van der Waals surface area contributed by atoms with E-state index in [0.717, 1.165) is 18.9 Å². The summed E-state index contributed by atoms with van der Waals surface area (Å²) >= 11 is 0. The Bertz CT molecular complexity index is 676. The Hall–Kier alpha value is -2.24. The maximum absolute atomic E-state index is 13.5. The van der Waals surface area contributed by atoms with Crippen molar-refractivity contribution in [2.24, 2.45) is 5.73 Å². The van der Waals surface area contributed by atoms with Crippen molar-refractivity contribution in [1.82, 2.24) is 5.32 Å². The molecule has 4 nitrogen and oxygen atoms in total. The number of rotatable bonds is 8. The molecule has 0 saturated carbocycles. The normalized spacial score (nSPS) is 13.5. The Balaban J connectivity index is 1.85. The molecule has 2 atom stereocenters. The maximum atomic E-state index is 13.5. The first kappa shape index (κ1) is 18.1. The van der Waals surface area contributed by atoms with Crippen molar-refractivity contribution in [3.05, 3.63) is 71.0 Å². The van der Waals surface area contributed by atoms with Crippen molar-refractivity contribution in [1.29, 1.82) is 0 Å². The molecule has 2 aromatic carbocycles. The van der Waals surface area contributed by atoms with Gasteiger partial charge in [0, 0.05) is 12.6 Å². The molecule has 5 heteroatoms. The fraction of sp³-hybridized carbons (Fsp3) is 0.316.